The van der Waals surface area contributed by atoms with E-state index >= 15 is 0 Å². The Bertz CT molecular complexity index is 568. The summed E-state index contributed by atoms with van der Waals surface area (Å²) in [7, 11) is 1.66. The van der Waals surface area contributed by atoms with Crippen LogP contribution < -0.4 is 14.8 Å². The number of morpholine rings is 1. The Labute approximate surface area is 158 Å². The van der Waals surface area contributed by atoms with E-state index in [0.717, 1.165) is 56.5 Å². The first-order valence-corrected chi connectivity index (χ1v) is 9.48. The highest BCUT2D eigenvalue weighted by atomic mass is 16.5. The molecule has 0 spiro atoms. The molecular formula is C21H34N2O3. The monoisotopic (exact) mass is 362 g/mol. The molecule has 1 heterocycles. The molecule has 5 nitrogen and oxygen atoms in total. The maximum Gasteiger partial charge on any atom is 0.161 e. The van der Waals surface area contributed by atoms with E-state index in [0.29, 0.717) is 18.6 Å². The summed E-state index contributed by atoms with van der Waals surface area (Å²) in [6, 6.07) is 6.62. The maximum absolute atomic E-state index is 5.82. The molecule has 1 aliphatic rings. The molecule has 1 aliphatic heterocycles. The smallest absolute Gasteiger partial charge is 0.161 e. The molecule has 0 saturated carbocycles. The lowest BCUT2D eigenvalue weighted by atomic mass is 10.0. The van der Waals surface area contributed by atoms with Gasteiger partial charge in [-0.3, -0.25) is 4.90 Å². The second-order valence-corrected chi connectivity index (χ2v) is 7.32. The van der Waals surface area contributed by atoms with Gasteiger partial charge in [-0.05, 0) is 36.1 Å². The predicted octanol–water partition coefficient (Wildman–Crippen LogP) is 3.10. The quantitative estimate of drug-likeness (QED) is 0.648. The predicted molar refractivity (Wildman–Crippen MR) is 106 cm³/mol. The summed E-state index contributed by atoms with van der Waals surface area (Å²) in [5, 5.41) is 3.61. The highest BCUT2D eigenvalue weighted by molar-refractivity contribution is 5.43. The molecule has 26 heavy (non-hydrogen) atoms. The number of rotatable bonds is 10. The fourth-order valence-electron chi connectivity index (χ4n) is 3.20. The fraction of sp³-hybridized carbons (Fsp3) is 0.619. The summed E-state index contributed by atoms with van der Waals surface area (Å²) in [6.07, 6.45) is 0. The summed E-state index contributed by atoms with van der Waals surface area (Å²) >= 11 is 0. The molecular weight excluding hydrogens is 328 g/mol. The van der Waals surface area contributed by atoms with Gasteiger partial charge in [-0.2, -0.15) is 0 Å². The Hall–Kier alpha value is -1.56. The average Bonchev–Trinajstić information content (AvgIpc) is 2.64. The molecule has 2 rings (SSSR count). The molecule has 0 bridgehead atoms. The molecule has 0 aromatic heterocycles. The number of nitrogens with one attached hydrogen (secondary N) is 1. The van der Waals surface area contributed by atoms with E-state index in [1.165, 1.54) is 5.56 Å². The van der Waals surface area contributed by atoms with E-state index in [9.17, 15) is 0 Å². The third-order valence-corrected chi connectivity index (χ3v) is 4.67. The third-order valence-electron chi connectivity index (χ3n) is 4.67. The molecule has 146 valence electrons. The van der Waals surface area contributed by atoms with Crippen LogP contribution >= 0.6 is 0 Å². The van der Waals surface area contributed by atoms with Gasteiger partial charge in [0.2, 0.25) is 0 Å². The Kier molecular flexibility index (Phi) is 8.42. The second-order valence-electron chi connectivity index (χ2n) is 7.32. The summed E-state index contributed by atoms with van der Waals surface area (Å²) in [4.78, 5) is 2.54. The highest BCUT2D eigenvalue weighted by Gasteiger charge is 2.23. The van der Waals surface area contributed by atoms with E-state index in [-0.39, 0.29) is 0 Å². The Morgan fingerprint density at radius 1 is 1.27 bits per heavy atom. The number of benzene rings is 1. The molecule has 0 aliphatic carbocycles. The standard InChI is InChI=1S/C21H34N2O3/c1-16(2)15-26-21-12-18(6-7-20(21)24-5)13-22-14-19(17(3)4)23-8-10-25-11-9-23/h6-7,12,17,19,22H,1,8-11,13-15H2,2-5H3. The van der Waals surface area contributed by atoms with Gasteiger partial charge >= 0.3 is 0 Å². The first-order valence-electron chi connectivity index (χ1n) is 9.48. The van der Waals surface area contributed by atoms with Crippen LogP contribution in [0.25, 0.3) is 0 Å². The van der Waals surface area contributed by atoms with Gasteiger partial charge in [0.25, 0.3) is 0 Å². The van der Waals surface area contributed by atoms with Crippen molar-refractivity contribution in [2.45, 2.75) is 33.4 Å². The van der Waals surface area contributed by atoms with E-state index in [1.54, 1.807) is 7.11 Å². The van der Waals surface area contributed by atoms with Crippen LogP contribution in [0, 0.1) is 5.92 Å². The molecule has 1 N–H and O–H groups in total. The zero-order valence-corrected chi connectivity index (χ0v) is 16.7. The van der Waals surface area contributed by atoms with Crippen molar-refractivity contribution in [1.82, 2.24) is 10.2 Å². The molecule has 1 aromatic carbocycles. The molecule has 1 aromatic rings. The normalized spacial score (nSPS) is 16.5. The van der Waals surface area contributed by atoms with Crippen LogP contribution in [-0.2, 0) is 11.3 Å². The van der Waals surface area contributed by atoms with Crippen LogP contribution in [0.15, 0.2) is 30.4 Å². The Morgan fingerprint density at radius 3 is 2.62 bits per heavy atom. The van der Waals surface area contributed by atoms with Crippen molar-refractivity contribution in [2.75, 3.05) is 46.6 Å². The molecule has 1 unspecified atom stereocenters. The van der Waals surface area contributed by atoms with Crippen molar-refractivity contribution < 1.29 is 14.2 Å². The number of hydrogen-bond acceptors (Lipinski definition) is 5. The van der Waals surface area contributed by atoms with Crippen LogP contribution in [0.4, 0.5) is 0 Å². The van der Waals surface area contributed by atoms with E-state index in [2.05, 4.69) is 36.7 Å². The summed E-state index contributed by atoms with van der Waals surface area (Å²) in [5.74, 6) is 2.12. The minimum Gasteiger partial charge on any atom is -0.493 e. The number of ether oxygens (including phenoxy) is 3. The molecule has 1 atom stereocenters. The van der Waals surface area contributed by atoms with Gasteiger partial charge in [0, 0.05) is 32.2 Å². The van der Waals surface area contributed by atoms with Crippen LogP contribution in [0.1, 0.15) is 26.3 Å². The minimum atomic E-state index is 0.500. The van der Waals surface area contributed by atoms with Crippen LogP contribution in [-0.4, -0.2) is 57.5 Å². The first kappa shape index (κ1) is 20.7. The Balaban J connectivity index is 1.92. The van der Waals surface area contributed by atoms with Crippen molar-refractivity contribution in [3.8, 4) is 11.5 Å². The van der Waals surface area contributed by atoms with Gasteiger partial charge in [-0.15, -0.1) is 0 Å². The zero-order valence-electron chi connectivity index (χ0n) is 16.7. The van der Waals surface area contributed by atoms with Crippen molar-refractivity contribution in [2.24, 2.45) is 5.92 Å². The van der Waals surface area contributed by atoms with Crippen LogP contribution in [0.3, 0.4) is 0 Å². The SMILES string of the molecule is C=C(C)COc1cc(CNCC(C(C)C)N2CCOCC2)ccc1OC. The van der Waals surface area contributed by atoms with Crippen molar-refractivity contribution in [3.05, 3.63) is 35.9 Å². The number of methoxy groups -OCH3 is 1. The number of nitrogens with zero attached hydrogens (tertiary/aromatic N) is 1. The molecule has 1 saturated heterocycles. The van der Waals surface area contributed by atoms with Crippen molar-refractivity contribution in [1.29, 1.82) is 0 Å². The van der Waals surface area contributed by atoms with E-state index in [1.807, 2.05) is 19.1 Å². The van der Waals surface area contributed by atoms with Gasteiger partial charge in [-0.1, -0.05) is 26.5 Å². The summed E-state index contributed by atoms with van der Waals surface area (Å²) < 4.78 is 16.7. The largest absolute Gasteiger partial charge is 0.493 e. The second kappa shape index (κ2) is 10.6. The molecule has 0 amide bonds. The fourth-order valence-corrected chi connectivity index (χ4v) is 3.20. The van der Waals surface area contributed by atoms with E-state index in [4.69, 9.17) is 14.2 Å². The van der Waals surface area contributed by atoms with E-state index < -0.39 is 0 Å². The maximum atomic E-state index is 5.82. The van der Waals surface area contributed by atoms with Gasteiger partial charge in [-0.25, -0.2) is 0 Å². The topological polar surface area (TPSA) is 43.0 Å². The summed E-state index contributed by atoms with van der Waals surface area (Å²) in [5.41, 5.74) is 2.17. The van der Waals surface area contributed by atoms with Crippen molar-refractivity contribution >= 4 is 0 Å². The number of hydrogen-bond donors (Lipinski definition) is 1. The zero-order chi connectivity index (χ0) is 18.9. The molecule has 1 fully saturated rings. The third kappa shape index (κ3) is 6.31. The lowest BCUT2D eigenvalue weighted by molar-refractivity contribution is 0.00648. The van der Waals surface area contributed by atoms with Crippen LogP contribution in [0.2, 0.25) is 0 Å². The van der Waals surface area contributed by atoms with Gasteiger partial charge in [0.05, 0.1) is 20.3 Å². The first-order chi connectivity index (χ1) is 12.5. The van der Waals surface area contributed by atoms with Gasteiger partial charge in [0.1, 0.15) is 6.61 Å². The molecule has 0 radical (unpaired) electrons. The Morgan fingerprint density at radius 2 is 2.00 bits per heavy atom. The highest BCUT2D eigenvalue weighted by Crippen LogP contribution is 2.28. The lowest BCUT2D eigenvalue weighted by Crippen LogP contribution is -2.50. The minimum absolute atomic E-state index is 0.500. The van der Waals surface area contributed by atoms with Crippen LogP contribution in [0.5, 0.6) is 11.5 Å². The lowest BCUT2D eigenvalue weighted by Gasteiger charge is -2.37. The van der Waals surface area contributed by atoms with Gasteiger partial charge < -0.3 is 19.5 Å². The summed E-state index contributed by atoms with van der Waals surface area (Å²) in [6.45, 7) is 16.4. The average molecular weight is 363 g/mol. The van der Waals surface area contributed by atoms with Crippen molar-refractivity contribution in [3.63, 3.8) is 0 Å². The van der Waals surface area contributed by atoms with Gasteiger partial charge in [0.15, 0.2) is 11.5 Å². The molecule has 5 heteroatoms.